The molecule has 1 N–H and O–H groups in total. The Kier molecular flexibility index (Phi) is 5.58. The molecule has 0 aliphatic carbocycles. The van der Waals surface area contributed by atoms with Crippen molar-refractivity contribution in [2.75, 3.05) is 31.1 Å². The van der Waals surface area contributed by atoms with Gasteiger partial charge in [0, 0.05) is 38.4 Å². The Morgan fingerprint density at radius 3 is 2.41 bits per heavy atom. The molecule has 1 fully saturated rings. The molecular weight excluding hydrogens is 355 g/mol. The van der Waals surface area contributed by atoms with Crippen LogP contribution in [0.1, 0.15) is 16.7 Å². The lowest BCUT2D eigenvalue weighted by molar-refractivity contribution is -0.137. The molecule has 1 saturated heterocycles. The van der Waals surface area contributed by atoms with Gasteiger partial charge in [0.05, 0.1) is 5.56 Å². The van der Waals surface area contributed by atoms with Crippen LogP contribution in [0.2, 0.25) is 0 Å². The van der Waals surface area contributed by atoms with Gasteiger partial charge in [0.1, 0.15) is 0 Å². The van der Waals surface area contributed by atoms with Gasteiger partial charge in [-0.05, 0) is 24.6 Å². The van der Waals surface area contributed by atoms with Gasteiger partial charge in [-0.1, -0.05) is 42.0 Å². The summed E-state index contributed by atoms with van der Waals surface area (Å²) in [6.07, 6.45) is -4.39. The summed E-state index contributed by atoms with van der Waals surface area (Å²) in [6.45, 7) is 3.91. The van der Waals surface area contributed by atoms with Crippen LogP contribution in [0.5, 0.6) is 0 Å². The normalized spacial score (nSPS) is 15.0. The summed E-state index contributed by atoms with van der Waals surface area (Å²) in [6, 6.07) is 13.3. The van der Waals surface area contributed by atoms with Gasteiger partial charge in [0.2, 0.25) is 0 Å². The molecule has 0 unspecified atom stereocenters. The number of hydrogen-bond donors (Lipinski definition) is 1. The molecule has 2 amide bonds. The van der Waals surface area contributed by atoms with Crippen LogP contribution >= 0.6 is 0 Å². The van der Waals surface area contributed by atoms with Gasteiger partial charge in [0.15, 0.2) is 0 Å². The predicted molar refractivity (Wildman–Crippen MR) is 98.6 cm³/mol. The van der Waals surface area contributed by atoms with Crippen LogP contribution in [0.3, 0.4) is 0 Å². The van der Waals surface area contributed by atoms with Gasteiger partial charge in [-0.25, -0.2) is 4.79 Å². The number of nitrogens with zero attached hydrogens (tertiary/aromatic N) is 2. The van der Waals surface area contributed by atoms with Crippen LogP contribution < -0.4 is 10.2 Å². The van der Waals surface area contributed by atoms with Gasteiger partial charge in [-0.15, -0.1) is 0 Å². The van der Waals surface area contributed by atoms with E-state index in [9.17, 15) is 18.0 Å². The van der Waals surface area contributed by atoms with Crippen LogP contribution in [0, 0.1) is 6.92 Å². The van der Waals surface area contributed by atoms with Crippen molar-refractivity contribution in [2.45, 2.75) is 19.6 Å². The van der Waals surface area contributed by atoms with Crippen molar-refractivity contribution in [3.8, 4) is 0 Å². The third-order valence-corrected chi connectivity index (χ3v) is 4.64. The van der Waals surface area contributed by atoms with Gasteiger partial charge < -0.3 is 15.1 Å². The van der Waals surface area contributed by atoms with Crippen LogP contribution in [-0.2, 0) is 12.7 Å². The topological polar surface area (TPSA) is 35.6 Å². The van der Waals surface area contributed by atoms with Crippen molar-refractivity contribution in [3.63, 3.8) is 0 Å². The second-order valence-electron chi connectivity index (χ2n) is 6.64. The van der Waals surface area contributed by atoms with Gasteiger partial charge in [-0.3, -0.25) is 0 Å². The minimum Gasteiger partial charge on any atom is -0.367 e. The lowest BCUT2D eigenvalue weighted by atomic mass is 10.1. The molecule has 1 aliphatic heterocycles. The van der Waals surface area contributed by atoms with E-state index in [0.717, 1.165) is 17.2 Å². The summed E-state index contributed by atoms with van der Waals surface area (Å²) >= 11 is 0. The fraction of sp³-hybridized carbons (Fsp3) is 0.350. The van der Waals surface area contributed by atoms with E-state index in [1.807, 2.05) is 31.2 Å². The first-order valence-electron chi connectivity index (χ1n) is 8.84. The third-order valence-electron chi connectivity index (χ3n) is 4.64. The highest BCUT2D eigenvalue weighted by atomic mass is 19.4. The number of anilines is 1. The predicted octanol–water partition coefficient (Wildman–Crippen LogP) is 4.05. The molecule has 2 aromatic carbocycles. The highest BCUT2D eigenvalue weighted by Crippen LogP contribution is 2.36. The third kappa shape index (κ3) is 4.72. The molecule has 0 aromatic heterocycles. The van der Waals surface area contributed by atoms with E-state index in [1.165, 1.54) is 12.1 Å². The number of carbonyl (C=O) groups excluding carboxylic acids is 1. The maximum atomic E-state index is 13.2. The molecule has 3 rings (SSSR count). The SMILES string of the molecule is Cc1cccc(CNC(=O)N2CCN(c3ccccc3C(F)(F)F)CC2)c1. The zero-order chi connectivity index (χ0) is 19.4. The second kappa shape index (κ2) is 7.90. The fourth-order valence-electron chi connectivity index (χ4n) is 3.25. The molecule has 1 heterocycles. The Bertz CT molecular complexity index is 799. The molecule has 7 heteroatoms. The molecular formula is C20H22F3N3O. The number of benzene rings is 2. The van der Waals surface area contributed by atoms with E-state index in [2.05, 4.69) is 5.32 Å². The molecule has 0 spiro atoms. The van der Waals surface area contributed by atoms with Crippen molar-refractivity contribution >= 4 is 11.7 Å². The molecule has 1 aliphatic rings. The zero-order valence-electron chi connectivity index (χ0n) is 15.1. The maximum Gasteiger partial charge on any atom is 0.418 e. The first-order valence-corrected chi connectivity index (χ1v) is 8.84. The number of amides is 2. The van der Waals surface area contributed by atoms with Crippen molar-refractivity contribution in [3.05, 3.63) is 65.2 Å². The summed E-state index contributed by atoms with van der Waals surface area (Å²) in [7, 11) is 0. The number of nitrogens with one attached hydrogen (secondary N) is 1. The highest BCUT2D eigenvalue weighted by molar-refractivity contribution is 5.74. The summed E-state index contributed by atoms with van der Waals surface area (Å²) in [5.74, 6) is 0. The quantitative estimate of drug-likeness (QED) is 0.876. The minimum absolute atomic E-state index is 0.171. The van der Waals surface area contributed by atoms with E-state index in [-0.39, 0.29) is 11.7 Å². The molecule has 4 nitrogen and oxygen atoms in total. The number of para-hydroxylation sites is 1. The first kappa shape index (κ1) is 19.1. The molecule has 0 bridgehead atoms. The number of rotatable bonds is 3. The molecule has 0 radical (unpaired) electrons. The molecule has 27 heavy (non-hydrogen) atoms. The average Bonchev–Trinajstić information content (AvgIpc) is 2.66. The smallest absolute Gasteiger partial charge is 0.367 e. The fourth-order valence-corrected chi connectivity index (χ4v) is 3.25. The molecule has 0 atom stereocenters. The standard InChI is InChI=1S/C20H22F3N3O/c1-15-5-4-6-16(13-15)14-24-19(27)26-11-9-25(10-12-26)18-8-3-2-7-17(18)20(21,22)23/h2-8,13H,9-12,14H2,1H3,(H,24,27). The number of piperazine rings is 1. The van der Waals surface area contributed by atoms with E-state index >= 15 is 0 Å². The monoisotopic (exact) mass is 377 g/mol. The van der Waals surface area contributed by atoms with Crippen LogP contribution in [-0.4, -0.2) is 37.1 Å². The molecule has 144 valence electrons. The van der Waals surface area contributed by atoms with Crippen LogP contribution in [0.15, 0.2) is 48.5 Å². The van der Waals surface area contributed by atoms with Gasteiger partial charge in [-0.2, -0.15) is 13.2 Å². The van der Waals surface area contributed by atoms with E-state index in [1.54, 1.807) is 15.9 Å². The van der Waals surface area contributed by atoms with Gasteiger partial charge in [0.25, 0.3) is 0 Å². The van der Waals surface area contributed by atoms with Gasteiger partial charge >= 0.3 is 12.2 Å². The number of carbonyl (C=O) groups is 1. The van der Waals surface area contributed by atoms with E-state index < -0.39 is 11.7 Å². The Labute approximate surface area is 156 Å². The van der Waals surface area contributed by atoms with Crippen molar-refractivity contribution in [1.29, 1.82) is 0 Å². The molecule has 2 aromatic rings. The average molecular weight is 377 g/mol. The van der Waals surface area contributed by atoms with Crippen molar-refractivity contribution < 1.29 is 18.0 Å². The summed E-state index contributed by atoms with van der Waals surface area (Å²) < 4.78 is 39.6. The van der Waals surface area contributed by atoms with E-state index in [0.29, 0.717) is 32.7 Å². The molecule has 0 saturated carbocycles. The number of halogens is 3. The number of urea groups is 1. The number of aryl methyl sites for hydroxylation is 1. The van der Waals surface area contributed by atoms with E-state index in [4.69, 9.17) is 0 Å². The van der Waals surface area contributed by atoms with Crippen LogP contribution in [0.25, 0.3) is 0 Å². The number of alkyl halides is 3. The maximum absolute atomic E-state index is 13.2. The summed E-state index contributed by atoms with van der Waals surface area (Å²) in [4.78, 5) is 15.7. The zero-order valence-corrected chi connectivity index (χ0v) is 15.1. The Balaban J connectivity index is 1.57. The minimum atomic E-state index is -4.39. The van der Waals surface area contributed by atoms with Crippen molar-refractivity contribution in [2.24, 2.45) is 0 Å². The Morgan fingerprint density at radius 1 is 1.04 bits per heavy atom. The lowest BCUT2D eigenvalue weighted by Gasteiger charge is -2.37. The summed E-state index contributed by atoms with van der Waals surface area (Å²) in [5, 5.41) is 2.87. The lowest BCUT2D eigenvalue weighted by Crippen LogP contribution is -2.52. The number of hydrogen-bond acceptors (Lipinski definition) is 2. The first-order chi connectivity index (χ1) is 12.8. The Hall–Kier alpha value is -2.70. The second-order valence-corrected chi connectivity index (χ2v) is 6.64. The van der Waals surface area contributed by atoms with Crippen LogP contribution in [0.4, 0.5) is 23.7 Å². The summed E-state index contributed by atoms with van der Waals surface area (Å²) in [5.41, 5.74) is 1.67. The highest BCUT2D eigenvalue weighted by Gasteiger charge is 2.35. The Morgan fingerprint density at radius 2 is 1.74 bits per heavy atom. The van der Waals surface area contributed by atoms with Crippen molar-refractivity contribution in [1.82, 2.24) is 10.2 Å². The largest absolute Gasteiger partial charge is 0.418 e.